The first-order valence-corrected chi connectivity index (χ1v) is 6.92. The predicted molar refractivity (Wildman–Crippen MR) is 83.1 cm³/mol. The summed E-state index contributed by atoms with van der Waals surface area (Å²) >= 11 is 0. The summed E-state index contributed by atoms with van der Waals surface area (Å²) in [5.41, 5.74) is 1.96. The molecule has 21 heavy (non-hydrogen) atoms. The molecule has 2 amide bonds. The average Bonchev–Trinajstić information content (AvgIpc) is 3.00. The predicted octanol–water partition coefficient (Wildman–Crippen LogP) is 3.22. The number of carbonyl (C=O) groups is 1. The third kappa shape index (κ3) is 4.10. The molecule has 0 radical (unpaired) electrons. The van der Waals surface area contributed by atoms with Crippen molar-refractivity contribution in [3.8, 4) is 0 Å². The Labute approximate surface area is 124 Å². The van der Waals surface area contributed by atoms with Crippen LogP contribution >= 0.6 is 0 Å². The molecule has 1 heterocycles. The second-order valence-electron chi connectivity index (χ2n) is 5.00. The Balaban J connectivity index is 1.92. The van der Waals surface area contributed by atoms with E-state index in [9.17, 15) is 4.79 Å². The summed E-state index contributed by atoms with van der Waals surface area (Å²) in [5, 5.41) is 6.04. The molecule has 5 heteroatoms. The molecule has 1 atom stereocenters. The van der Waals surface area contributed by atoms with E-state index in [1.165, 1.54) is 5.56 Å². The Kier molecular flexibility index (Phi) is 5.00. The van der Waals surface area contributed by atoms with E-state index in [0.717, 1.165) is 11.4 Å². The van der Waals surface area contributed by atoms with Gasteiger partial charge in [0.15, 0.2) is 0 Å². The Morgan fingerprint density at radius 1 is 1.29 bits per heavy atom. The quantitative estimate of drug-likeness (QED) is 0.887. The molecule has 2 rings (SSSR count). The largest absolute Gasteiger partial charge is 0.467 e. The van der Waals surface area contributed by atoms with E-state index < -0.39 is 0 Å². The van der Waals surface area contributed by atoms with Crippen molar-refractivity contribution < 1.29 is 9.21 Å². The van der Waals surface area contributed by atoms with Gasteiger partial charge in [-0.3, -0.25) is 0 Å². The molecule has 5 nitrogen and oxygen atoms in total. The summed E-state index contributed by atoms with van der Waals surface area (Å²) in [6.45, 7) is 2.53. The first-order chi connectivity index (χ1) is 10.1. The van der Waals surface area contributed by atoms with Crippen molar-refractivity contribution in [1.82, 2.24) is 10.2 Å². The molecule has 112 valence electrons. The highest BCUT2D eigenvalue weighted by Crippen LogP contribution is 2.16. The lowest BCUT2D eigenvalue weighted by Gasteiger charge is -2.17. The zero-order chi connectivity index (χ0) is 15.2. The number of nitrogens with one attached hydrogen (secondary N) is 2. The van der Waals surface area contributed by atoms with Crippen molar-refractivity contribution >= 4 is 11.7 Å². The van der Waals surface area contributed by atoms with Crippen molar-refractivity contribution in [2.75, 3.05) is 19.4 Å². The van der Waals surface area contributed by atoms with Gasteiger partial charge < -0.3 is 20.0 Å². The highest BCUT2D eigenvalue weighted by Gasteiger charge is 2.11. The molecular formula is C16H21N3O2. The van der Waals surface area contributed by atoms with Gasteiger partial charge in [0.2, 0.25) is 0 Å². The highest BCUT2D eigenvalue weighted by atomic mass is 16.3. The second-order valence-corrected chi connectivity index (χ2v) is 5.00. The van der Waals surface area contributed by atoms with E-state index in [1.807, 2.05) is 43.4 Å². The molecule has 0 saturated heterocycles. The van der Waals surface area contributed by atoms with Gasteiger partial charge in [0.1, 0.15) is 5.76 Å². The van der Waals surface area contributed by atoms with Crippen molar-refractivity contribution in [2.24, 2.45) is 0 Å². The van der Waals surface area contributed by atoms with Gasteiger partial charge in [0.25, 0.3) is 0 Å². The van der Waals surface area contributed by atoms with Crippen LogP contribution in [0, 0.1) is 0 Å². The van der Waals surface area contributed by atoms with Crippen LogP contribution in [-0.4, -0.2) is 25.0 Å². The van der Waals surface area contributed by atoms with E-state index >= 15 is 0 Å². The van der Waals surface area contributed by atoms with Gasteiger partial charge in [0, 0.05) is 18.8 Å². The fourth-order valence-electron chi connectivity index (χ4n) is 1.95. The average molecular weight is 287 g/mol. The Hall–Kier alpha value is -2.27. The number of amides is 2. The summed E-state index contributed by atoms with van der Waals surface area (Å²) in [5.74, 6) is 0.755. The number of urea groups is 1. The number of carbonyl (C=O) groups excluding carboxylic acids is 1. The van der Waals surface area contributed by atoms with Crippen molar-refractivity contribution in [2.45, 2.75) is 19.5 Å². The van der Waals surface area contributed by atoms with Gasteiger partial charge in [-0.05, 0) is 43.8 Å². The summed E-state index contributed by atoms with van der Waals surface area (Å²) in [7, 11) is 3.65. The molecule has 0 aliphatic carbocycles. The van der Waals surface area contributed by atoms with Crippen LogP contribution in [-0.2, 0) is 6.54 Å². The third-order valence-corrected chi connectivity index (χ3v) is 3.41. The van der Waals surface area contributed by atoms with Crippen LogP contribution in [0.2, 0.25) is 0 Å². The molecular weight excluding hydrogens is 266 g/mol. The van der Waals surface area contributed by atoms with Crippen LogP contribution in [0.5, 0.6) is 0 Å². The molecule has 0 aliphatic rings. The van der Waals surface area contributed by atoms with Crippen LogP contribution in [0.25, 0.3) is 0 Å². The van der Waals surface area contributed by atoms with Crippen molar-refractivity contribution in [3.05, 3.63) is 54.0 Å². The van der Waals surface area contributed by atoms with Gasteiger partial charge in [-0.1, -0.05) is 12.1 Å². The molecule has 1 aromatic carbocycles. The summed E-state index contributed by atoms with van der Waals surface area (Å²) in [6, 6.07) is 11.6. The van der Waals surface area contributed by atoms with Crippen LogP contribution < -0.4 is 10.6 Å². The summed E-state index contributed by atoms with van der Waals surface area (Å²) < 4.78 is 5.23. The molecule has 0 saturated carbocycles. The fourth-order valence-corrected chi connectivity index (χ4v) is 1.95. The van der Waals surface area contributed by atoms with Gasteiger partial charge in [-0.25, -0.2) is 4.79 Å². The monoisotopic (exact) mass is 287 g/mol. The lowest BCUT2D eigenvalue weighted by molar-refractivity contribution is 0.217. The van der Waals surface area contributed by atoms with Crippen LogP contribution in [0.1, 0.15) is 24.3 Å². The Morgan fingerprint density at radius 3 is 2.57 bits per heavy atom. The first kappa shape index (κ1) is 15.1. The zero-order valence-electron chi connectivity index (χ0n) is 12.6. The Bertz CT molecular complexity index is 564. The third-order valence-electron chi connectivity index (χ3n) is 3.41. The molecule has 2 N–H and O–H groups in total. The van der Waals surface area contributed by atoms with E-state index in [2.05, 4.69) is 17.6 Å². The van der Waals surface area contributed by atoms with Crippen molar-refractivity contribution in [1.29, 1.82) is 0 Å². The zero-order valence-corrected chi connectivity index (χ0v) is 12.6. The number of benzene rings is 1. The minimum atomic E-state index is -0.166. The van der Waals surface area contributed by atoms with E-state index in [1.54, 1.807) is 18.2 Å². The van der Waals surface area contributed by atoms with Gasteiger partial charge in [-0.15, -0.1) is 0 Å². The SMILES string of the molecule is CNC(C)c1ccc(NC(=O)N(C)Cc2ccco2)cc1. The van der Waals surface area contributed by atoms with Crippen LogP contribution in [0.4, 0.5) is 10.5 Å². The molecule has 1 unspecified atom stereocenters. The number of hydrogen-bond acceptors (Lipinski definition) is 3. The van der Waals surface area contributed by atoms with Crippen molar-refractivity contribution in [3.63, 3.8) is 0 Å². The van der Waals surface area contributed by atoms with E-state index in [4.69, 9.17) is 4.42 Å². The topological polar surface area (TPSA) is 57.5 Å². The number of nitrogens with zero attached hydrogens (tertiary/aromatic N) is 1. The molecule has 1 aromatic heterocycles. The Morgan fingerprint density at radius 2 is 2.00 bits per heavy atom. The maximum Gasteiger partial charge on any atom is 0.321 e. The minimum Gasteiger partial charge on any atom is -0.467 e. The normalized spacial score (nSPS) is 12.0. The van der Waals surface area contributed by atoms with Gasteiger partial charge in [-0.2, -0.15) is 0 Å². The maximum atomic E-state index is 12.1. The summed E-state index contributed by atoms with van der Waals surface area (Å²) in [4.78, 5) is 13.6. The number of furan rings is 1. The fraction of sp³-hybridized carbons (Fsp3) is 0.312. The number of rotatable bonds is 5. The van der Waals surface area contributed by atoms with Crippen LogP contribution in [0.3, 0.4) is 0 Å². The molecule has 0 aliphatic heterocycles. The maximum absolute atomic E-state index is 12.1. The second kappa shape index (κ2) is 6.95. The van der Waals surface area contributed by atoms with E-state index in [-0.39, 0.29) is 12.1 Å². The molecule has 2 aromatic rings. The standard InChI is InChI=1S/C16H21N3O2/c1-12(17-2)13-6-8-14(9-7-13)18-16(20)19(3)11-15-5-4-10-21-15/h4-10,12,17H,11H2,1-3H3,(H,18,20). The molecule has 0 bridgehead atoms. The smallest absolute Gasteiger partial charge is 0.321 e. The first-order valence-electron chi connectivity index (χ1n) is 6.92. The number of hydrogen-bond donors (Lipinski definition) is 2. The lowest BCUT2D eigenvalue weighted by atomic mass is 10.1. The van der Waals surface area contributed by atoms with Crippen LogP contribution in [0.15, 0.2) is 47.1 Å². The van der Waals surface area contributed by atoms with Gasteiger partial charge >= 0.3 is 6.03 Å². The lowest BCUT2D eigenvalue weighted by Crippen LogP contribution is -2.30. The number of anilines is 1. The van der Waals surface area contributed by atoms with E-state index in [0.29, 0.717) is 6.54 Å². The minimum absolute atomic E-state index is 0.166. The highest BCUT2D eigenvalue weighted by molar-refractivity contribution is 5.89. The summed E-state index contributed by atoms with van der Waals surface area (Å²) in [6.07, 6.45) is 1.60. The molecule has 0 spiro atoms. The van der Waals surface area contributed by atoms with Gasteiger partial charge in [0.05, 0.1) is 12.8 Å². The molecule has 0 fully saturated rings.